The van der Waals surface area contributed by atoms with Crippen molar-refractivity contribution in [2.24, 2.45) is 0 Å². The maximum atomic E-state index is 10.9. The summed E-state index contributed by atoms with van der Waals surface area (Å²) in [6, 6.07) is 0. The fourth-order valence-corrected chi connectivity index (χ4v) is 1.24. The molecule has 1 saturated heterocycles. The topological polar surface area (TPSA) is 20.3 Å². The van der Waals surface area contributed by atoms with Crippen molar-refractivity contribution >= 4 is 5.78 Å². The molecular weight excluding hydrogens is 126 g/mol. The van der Waals surface area contributed by atoms with E-state index in [2.05, 4.69) is 11.8 Å². The lowest BCUT2D eigenvalue weighted by Gasteiger charge is -2.15. The van der Waals surface area contributed by atoms with Gasteiger partial charge in [0.05, 0.1) is 0 Å². The Morgan fingerprint density at radius 2 is 2.20 bits per heavy atom. The van der Waals surface area contributed by atoms with Crippen molar-refractivity contribution in [3.05, 3.63) is 6.92 Å². The standard InChI is InChI=1S/C8H14NO/c1-2-9-6-3-4-8(10)5-7-9/h1-7H2. The van der Waals surface area contributed by atoms with Gasteiger partial charge in [0.2, 0.25) is 0 Å². The van der Waals surface area contributed by atoms with Crippen LogP contribution in [0.1, 0.15) is 19.3 Å². The van der Waals surface area contributed by atoms with E-state index in [4.69, 9.17) is 0 Å². The summed E-state index contributed by atoms with van der Waals surface area (Å²) in [5, 5.41) is 0. The van der Waals surface area contributed by atoms with Gasteiger partial charge in [0.15, 0.2) is 0 Å². The summed E-state index contributed by atoms with van der Waals surface area (Å²) in [4.78, 5) is 13.1. The summed E-state index contributed by atoms with van der Waals surface area (Å²) in [6.07, 6.45) is 2.53. The third kappa shape index (κ3) is 2.10. The van der Waals surface area contributed by atoms with Crippen LogP contribution in [0.2, 0.25) is 0 Å². The van der Waals surface area contributed by atoms with Gasteiger partial charge >= 0.3 is 0 Å². The number of rotatable bonds is 1. The molecule has 1 aliphatic rings. The van der Waals surface area contributed by atoms with E-state index in [0.29, 0.717) is 5.78 Å². The Bertz CT molecular complexity index is 122. The summed E-state index contributed by atoms with van der Waals surface area (Å²) < 4.78 is 0. The lowest BCUT2D eigenvalue weighted by molar-refractivity contribution is -0.118. The van der Waals surface area contributed by atoms with E-state index in [1.165, 1.54) is 0 Å². The van der Waals surface area contributed by atoms with Crippen LogP contribution in [-0.4, -0.2) is 30.3 Å². The van der Waals surface area contributed by atoms with E-state index in [-0.39, 0.29) is 0 Å². The maximum Gasteiger partial charge on any atom is 0.134 e. The van der Waals surface area contributed by atoms with Gasteiger partial charge in [-0.25, -0.2) is 0 Å². The highest BCUT2D eigenvalue weighted by Gasteiger charge is 2.11. The van der Waals surface area contributed by atoms with Crippen molar-refractivity contribution in [1.82, 2.24) is 4.90 Å². The van der Waals surface area contributed by atoms with Gasteiger partial charge in [0.25, 0.3) is 0 Å². The first-order valence-corrected chi connectivity index (χ1v) is 3.86. The van der Waals surface area contributed by atoms with Crippen LogP contribution in [0, 0.1) is 6.92 Å². The predicted molar refractivity (Wildman–Crippen MR) is 40.7 cm³/mol. The Morgan fingerprint density at radius 1 is 1.40 bits per heavy atom. The molecule has 1 heterocycles. The molecule has 0 aromatic heterocycles. The van der Waals surface area contributed by atoms with Crippen molar-refractivity contribution in [3.63, 3.8) is 0 Å². The van der Waals surface area contributed by atoms with Crippen LogP contribution < -0.4 is 0 Å². The van der Waals surface area contributed by atoms with Crippen LogP contribution in [0.3, 0.4) is 0 Å². The molecule has 0 unspecified atom stereocenters. The molecule has 1 radical (unpaired) electrons. The van der Waals surface area contributed by atoms with Crippen molar-refractivity contribution in [3.8, 4) is 0 Å². The Balaban J connectivity index is 2.33. The summed E-state index contributed by atoms with van der Waals surface area (Å²) in [5.41, 5.74) is 0. The molecule has 0 aromatic rings. The zero-order valence-corrected chi connectivity index (χ0v) is 6.31. The number of likely N-dealkylation sites (tertiary alicyclic amines) is 1. The summed E-state index contributed by atoms with van der Waals surface area (Å²) in [7, 11) is 0. The third-order valence-corrected chi connectivity index (χ3v) is 1.95. The summed E-state index contributed by atoms with van der Waals surface area (Å²) in [6.45, 7) is 6.60. The fourth-order valence-electron chi connectivity index (χ4n) is 1.24. The Labute approximate surface area is 62.2 Å². The van der Waals surface area contributed by atoms with Gasteiger partial charge in [0.1, 0.15) is 5.78 Å². The molecule has 57 valence electrons. The number of carbonyl (C=O) groups excluding carboxylic acids is 1. The maximum absolute atomic E-state index is 10.9. The molecule has 1 aliphatic heterocycles. The Hall–Kier alpha value is -0.370. The average molecular weight is 140 g/mol. The fraction of sp³-hybridized carbons (Fsp3) is 0.750. The second-order valence-corrected chi connectivity index (χ2v) is 2.73. The van der Waals surface area contributed by atoms with Gasteiger partial charge in [-0.05, 0) is 26.4 Å². The van der Waals surface area contributed by atoms with Gasteiger partial charge in [-0.15, -0.1) is 0 Å². The SMILES string of the molecule is [CH2]CN1CCCC(=O)CC1. The van der Waals surface area contributed by atoms with E-state index in [9.17, 15) is 4.79 Å². The zero-order chi connectivity index (χ0) is 7.40. The average Bonchev–Trinajstić information content (AvgIpc) is 2.14. The van der Waals surface area contributed by atoms with E-state index < -0.39 is 0 Å². The van der Waals surface area contributed by atoms with E-state index in [1.54, 1.807) is 0 Å². The van der Waals surface area contributed by atoms with Gasteiger partial charge < -0.3 is 4.90 Å². The van der Waals surface area contributed by atoms with Gasteiger partial charge in [-0.3, -0.25) is 4.79 Å². The van der Waals surface area contributed by atoms with Crippen LogP contribution >= 0.6 is 0 Å². The molecule has 0 N–H and O–H groups in total. The number of Topliss-reactive ketones (excluding diaryl/α,β-unsaturated/α-hetero) is 1. The predicted octanol–water partition coefficient (Wildman–Crippen LogP) is 0.875. The van der Waals surface area contributed by atoms with Gasteiger partial charge in [0, 0.05) is 19.4 Å². The van der Waals surface area contributed by atoms with Crippen LogP contribution in [0.25, 0.3) is 0 Å². The summed E-state index contributed by atoms with van der Waals surface area (Å²) >= 11 is 0. The highest BCUT2D eigenvalue weighted by atomic mass is 16.1. The molecule has 2 nitrogen and oxygen atoms in total. The number of carbonyl (C=O) groups is 1. The lowest BCUT2D eigenvalue weighted by atomic mass is 10.2. The number of ketones is 1. The van der Waals surface area contributed by atoms with Crippen LogP contribution in [0.5, 0.6) is 0 Å². The van der Waals surface area contributed by atoms with Crippen molar-refractivity contribution in [2.75, 3.05) is 19.6 Å². The Kier molecular flexibility index (Phi) is 2.87. The van der Waals surface area contributed by atoms with Crippen LogP contribution in [0.4, 0.5) is 0 Å². The molecule has 0 saturated carbocycles. The normalized spacial score (nSPS) is 22.7. The van der Waals surface area contributed by atoms with Gasteiger partial charge in [-0.2, -0.15) is 0 Å². The highest BCUT2D eigenvalue weighted by molar-refractivity contribution is 5.78. The smallest absolute Gasteiger partial charge is 0.134 e. The zero-order valence-electron chi connectivity index (χ0n) is 6.31. The van der Waals surface area contributed by atoms with Crippen LogP contribution in [-0.2, 0) is 4.79 Å². The molecule has 1 rings (SSSR count). The number of hydrogen-bond donors (Lipinski definition) is 0. The molecule has 10 heavy (non-hydrogen) atoms. The Morgan fingerprint density at radius 3 is 2.90 bits per heavy atom. The molecule has 0 atom stereocenters. The first-order chi connectivity index (χ1) is 4.83. The first-order valence-electron chi connectivity index (χ1n) is 3.86. The molecule has 0 aliphatic carbocycles. The van der Waals surface area contributed by atoms with Crippen molar-refractivity contribution in [1.29, 1.82) is 0 Å². The van der Waals surface area contributed by atoms with E-state index in [0.717, 1.165) is 38.9 Å². The lowest BCUT2D eigenvalue weighted by Crippen LogP contribution is -2.24. The second-order valence-electron chi connectivity index (χ2n) is 2.73. The molecule has 0 bridgehead atoms. The van der Waals surface area contributed by atoms with E-state index in [1.807, 2.05) is 0 Å². The molecule has 0 aromatic carbocycles. The quantitative estimate of drug-likeness (QED) is 0.538. The minimum atomic E-state index is 0.413. The van der Waals surface area contributed by atoms with Crippen LogP contribution in [0.15, 0.2) is 0 Å². The molecule has 0 spiro atoms. The minimum absolute atomic E-state index is 0.413. The monoisotopic (exact) mass is 140 g/mol. The van der Waals surface area contributed by atoms with Crippen molar-refractivity contribution in [2.45, 2.75) is 19.3 Å². The first kappa shape index (κ1) is 7.73. The summed E-state index contributed by atoms with van der Waals surface area (Å²) in [5.74, 6) is 0.413. The third-order valence-electron chi connectivity index (χ3n) is 1.95. The molecule has 2 heteroatoms. The molecule has 1 fully saturated rings. The molecular formula is C8H14NO. The second kappa shape index (κ2) is 3.71. The largest absolute Gasteiger partial charge is 0.303 e. The van der Waals surface area contributed by atoms with E-state index >= 15 is 0 Å². The van der Waals surface area contributed by atoms with Gasteiger partial charge in [-0.1, -0.05) is 0 Å². The highest BCUT2D eigenvalue weighted by Crippen LogP contribution is 2.05. The minimum Gasteiger partial charge on any atom is -0.303 e. The number of nitrogens with zero attached hydrogens (tertiary/aromatic N) is 1. The van der Waals surface area contributed by atoms with Crippen molar-refractivity contribution < 1.29 is 4.79 Å². The molecule has 0 amide bonds. The number of hydrogen-bond acceptors (Lipinski definition) is 2.